The molecule has 0 N–H and O–H groups in total. The van der Waals surface area contributed by atoms with E-state index in [2.05, 4.69) is 0 Å². The van der Waals surface area contributed by atoms with Gasteiger partial charge in [0.2, 0.25) is 0 Å². The molecule has 0 unspecified atom stereocenters. The van der Waals surface area contributed by atoms with Crippen molar-refractivity contribution in [1.82, 2.24) is 8.80 Å². The molecule has 0 aliphatic rings. The molecule has 0 radical (unpaired) electrons. The minimum atomic E-state index is -0.229. The van der Waals surface area contributed by atoms with E-state index >= 15 is 0 Å². The molecular formula is C34H12Cl2N2O4. The van der Waals surface area contributed by atoms with E-state index < -0.39 is 0 Å². The minimum Gasteiger partial charge on any atom is -0.307 e. The van der Waals surface area contributed by atoms with Gasteiger partial charge in [-0.1, -0.05) is 47.5 Å². The number of rotatable bonds is 0. The Labute approximate surface area is 242 Å². The summed E-state index contributed by atoms with van der Waals surface area (Å²) < 4.78 is 3.94. The van der Waals surface area contributed by atoms with Gasteiger partial charge in [-0.3, -0.25) is 19.2 Å². The maximum Gasteiger partial charge on any atom is 0.190 e. The van der Waals surface area contributed by atoms with Crippen LogP contribution >= 0.6 is 23.2 Å². The first-order valence-electron chi connectivity index (χ1n) is 13.2. The number of nitrogens with zero attached hydrogens (tertiary/aromatic N) is 2. The second-order valence-corrected chi connectivity index (χ2v) is 11.9. The molecule has 0 spiro atoms. The average Bonchev–Trinajstić information content (AvgIpc) is 2.97. The standard InChI is InChI=1S/C34H12Cl2N2O4/c35-13-5-19-27(39)9-23-15-1-2-16-24-10-28(40)21-7-14(36)8-22-30(42)12-26(38(24)34(21)22)18-4-3-17(31(15)32(16)18)25-11-29(41)20(6-13)33(19)37(23)25/h1-12H. The Bertz CT molecular complexity index is 2720. The topological polar surface area (TPSA) is 77.1 Å². The molecule has 10 rings (SSSR count). The van der Waals surface area contributed by atoms with Crippen LogP contribution in [0.2, 0.25) is 10.0 Å². The predicted molar refractivity (Wildman–Crippen MR) is 171 cm³/mol. The summed E-state index contributed by atoms with van der Waals surface area (Å²) >= 11 is 12.6. The third-order valence-electron chi connectivity index (χ3n) is 8.96. The van der Waals surface area contributed by atoms with Crippen molar-refractivity contribution in [3.05, 3.63) is 124 Å². The molecule has 0 saturated carbocycles. The van der Waals surface area contributed by atoms with Gasteiger partial charge in [-0.05, 0) is 24.3 Å². The van der Waals surface area contributed by atoms with Crippen LogP contribution in [-0.4, -0.2) is 8.80 Å². The van der Waals surface area contributed by atoms with Crippen LogP contribution < -0.4 is 21.7 Å². The van der Waals surface area contributed by atoms with E-state index in [4.69, 9.17) is 23.2 Å². The van der Waals surface area contributed by atoms with Crippen molar-refractivity contribution >= 4 is 110 Å². The third kappa shape index (κ3) is 2.42. The lowest BCUT2D eigenvalue weighted by atomic mass is 9.91. The zero-order chi connectivity index (χ0) is 28.3. The van der Waals surface area contributed by atoms with Crippen LogP contribution in [0.1, 0.15) is 0 Å². The highest BCUT2D eigenvalue weighted by Crippen LogP contribution is 2.43. The van der Waals surface area contributed by atoms with Crippen LogP contribution in [0.4, 0.5) is 0 Å². The van der Waals surface area contributed by atoms with E-state index in [9.17, 15) is 19.2 Å². The molecule has 6 heterocycles. The quantitative estimate of drug-likeness (QED) is 0.146. The molecule has 4 aromatic carbocycles. The number of halogens is 2. The highest BCUT2D eigenvalue weighted by molar-refractivity contribution is 6.35. The Morgan fingerprint density at radius 3 is 0.905 bits per heavy atom. The molecule has 0 fully saturated rings. The SMILES string of the molecule is O=c1cc2c3ccc4c5c(ccc(c35)c3cc(=O)c5cc(Cl)cc1c5n23)c1cc(=O)c2cc(Cl)cc3c(=O)cc4n1c32. The van der Waals surface area contributed by atoms with Crippen LogP contribution in [0.25, 0.3) is 87.0 Å². The molecule has 8 heteroatoms. The smallest absolute Gasteiger partial charge is 0.190 e. The first-order chi connectivity index (χ1) is 20.3. The summed E-state index contributed by atoms with van der Waals surface area (Å²) in [7, 11) is 0. The lowest BCUT2D eigenvalue weighted by Crippen LogP contribution is -2.14. The summed E-state index contributed by atoms with van der Waals surface area (Å²) in [4.78, 5) is 53.7. The zero-order valence-electron chi connectivity index (χ0n) is 21.2. The Kier molecular flexibility index (Phi) is 3.80. The van der Waals surface area contributed by atoms with Crippen LogP contribution in [0.5, 0.6) is 0 Å². The molecule has 6 nitrogen and oxygen atoms in total. The number of hydrogen-bond acceptors (Lipinski definition) is 4. The van der Waals surface area contributed by atoms with Gasteiger partial charge in [-0.25, -0.2) is 0 Å². The molecular weight excluding hydrogens is 571 g/mol. The maximum atomic E-state index is 13.4. The Morgan fingerprint density at radius 2 is 0.643 bits per heavy atom. The number of pyridine rings is 6. The second-order valence-electron chi connectivity index (χ2n) is 11.0. The van der Waals surface area contributed by atoms with Gasteiger partial charge in [0.15, 0.2) is 21.7 Å². The fraction of sp³-hybridized carbons (Fsp3) is 0. The summed E-state index contributed by atoms with van der Waals surface area (Å²) in [5.74, 6) is 0. The Hall–Kier alpha value is -5.04. The molecule has 0 atom stereocenters. The van der Waals surface area contributed by atoms with Gasteiger partial charge in [0, 0.05) is 88.2 Å². The predicted octanol–water partition coefficient (Wildman–Crippen LogP) is 6.76. The van der Waals surface area contributed by atoms with Gasteiger partial charge in [-0.15, -0.1) is 0 Å². The molecule has 0 aliphatic carbocycles. The summed E-state index contributed by atoms with van der Waals surface area (Å²) in [6.07, 6.45) is 0. The first kappa shape index (κ1) is 22.6. The van der Waals surface area contributed by atoms with Gasteiger partial charge in [0.1, 0.15) is 0 Å². The van der Waals surface area contributed by atoms with Crippen molar-refractivity contribution < 1.29 is 0 Å². The summed E-state index contributed by atoms with van der Waals surface area (Å²) in [6, 6.07) is 20.6. The number of benzene rings is 4. The van der Waals surface area contributed by atoms with Gasteiger partial charge >= 0.3 is 0 Å². The van der Waals surface area contributed by atoms with Crippen molar-refractivity contribution in [3.8, 4) is 0 Å². The molecule has 0 amide bonds. The van der Waals surface area contributed by atoms with Gasteiger partial charge in [0.05, 0.1) is 33.1 Å². The summed E-state index contributed by atoms with van der Waals surface area (Å²) in [5.41, 5.74) is 2.83. The normalized spacial score (nSPS) is 12.9. The molecule has 0 saturated heterocycles. The monoisotopic (exact) mass is 582 g/mol. The number of aromatic nitrogens is 2. The molecule has 10 aromatic rings. The van der Waals surface area contributed by atoms with Gasteiger partial charge < -0.3 is 8.80 Å². The highest BCUT2D eigenvalue weighted by atomic mass is 35.5. The van der Waals surface area contributed by atoms with Crippen LogP contribution in [0, 0.1) is 0 Å². The van der Waals surface area contributed by atoms with Crippen LogP contribution in [0.15, 0.2) is 92.0 Å². The first-order valence-corrected chi connectivity index (χ1v) is 14.0. The molecule has 0 bridgehead atoms. The summed E-state index contributed by atoms with van der Waals surface area (Å²) in [6.45, 7) is 0. The lowest BCUT2D eigenvalue weighted by Gasteiger charge is -2.21. The molecule has 196 valence electrons. The third-order valence-corrected chi connectivity index (χ3v) is 9.39. The van der Waals surface area contributed by atoms with Crippen molar-refractivity contribution in [2.24, 2.45) is 0 Å². The minimum absolute atomic E-state index is 0.229. The van der Waals surface area contributed by atoms with Crippen molar-refractivity contribution in [2.75, 3.05) is 0 Å². The average molecular weight is 583 g/mol. The van der Waals surface area contributed by atoms with E-state index in [-0.39, 0.29) is 21.7 Å². The van der Waals surface area contributed by atoms with E-state index in [1.54, 1.807) is 48.5 Å². The fourth-order valence-electron chi connectivity index (χ4n) is 7.38. The molecule has 0 aliphatic heterocycles. The Morgan fingerprint density at radius 1 is 0.381 bits per heavy atom. The van der Waals surface area contributed by atoms with E-state index in [0.717, 1.165) is 32.3 Å². The molecule has 6 aromatic heterocycles. The van der Waals surface area contributed by atoms with Gasteiger partial charge in [-0.2, -0.15) is 0 Å². The van der Waals surface area contributed by atoms with E-state index in [1.165, 1.54) is 0 Å². The zero-order valence-corrected chi connectivity index (χ0v) is 22.7. The van der Waals surface area contributed by atoms with Crippen LogP contribution in [0.3, 0.4) is 0 Å². The number of fused-ring (bicyclic) bond motifs is 4. The van der Waals surface area contributed by atoms with E-state index in [0.29, 0.717) is 64.7 Å². The van der Waals surface area contributed by atoms with Crippen molar-refractivity contribution in [3.63, 3.8) is 0 Å². The van der Waals surface area contributed by atoms with Gasteiger partial charge in [0.25, 0.3) is 0 Å². The van der Waals surface area contributed by atoms with Crippen molar-refractivity contribution in [2.45, 2.75) is 0 Å². The Balaban J connectivity index is 1.56. The van der Waals surface area contributed by atoms with Crippen molar-refractivity contribution in [1.29, 1.82) is 0 Å². The largest absolute Gasteiger partial charge is 0.307 e. The van der Waals surface area contributed by atoms with E-state index in [1.807, 2.05) is 33.1 Å². The molecule has 42 heavy (non-hydrogen) atoms. The lowest BCUT2D eigenvalue weighted by molar-refractivity contribution is 1.29. The highest BCUT2D eigenvalue weighted by Gasteiger charge is 2.23. The summed E-state index contributed by atoms with van der Waals surface area (Å²) in [5, 5.41) is 7.21. The fourth-order valence-corrected chi connectivity index (χ4v) is 7.82. The number of hydrogen-bond donors (Lipinski definition) is 0. The maximum absolute atomic E-state index is 13.4. The van der Waals surface area contributed by atoms with Crippen LogP contribution in [-0.2, 0) is 0 Å². The second kappa shape index (κ2) is 7.05.